The molecule has 0 bridgehead atoms. The Labute approximate surface area is 197 Å². The summed E-state index contributed by atoms with van der Waals surface area (Å²) in [4.78, 5) is 17.7. The summed E-state index contributed by atoms with van der Waals surface area (Å²) in [6, 6.07) is 2.34. The highest BCUT2D eigenvalue weighted by molar-refractivity contribution is 7.89. The largest absolute Gasteiger partial charge is 0.491 e. The molecule has 192 valence electrons. The molecule has 2 N–H and O–H groups in total. The van der Waals surface area contributed by atoms with Crippen molar-refractivity contribution in [3.05, 3.63) is 42.1 Å². The molecule has 0 radical (unpaired) electrons. The smallest absolute Gasteiger partial charge is 0.419 e. The van der Waals surface area contributed by atoms with Crippen LogP contribution in [0.1, 0.15) is 6.42 Å². The van der Waals surface area contributed by atoms with E-state index in [4.69, 9.17) is 9.47 Å². The van der Waals surface area contributed by atoms with Gasteiger partial charge in [-0.2, -0.15) is 17.6 Å². The van der Waals surface area contributed by atoms with Crippen molar-refractivity contribution in [1.82, 2.24) is 9.71 Å². The van der Waals surface area contributed by atoms with Gasteiger partial charge in [-0.1, -0.05) is 0 Å². The molecule has 1 aromatic heterocycles. The first-order valence-corrected chi connectivity index (χ1v) is 11.4. The van der Waals surface area contributed by atoms with Crippen molar-refractivity contribution in [3.63, 3.8) is 0 Å². The molecule has 2 heterocycles. The first-order valence-electron chi connectivity index (χ1n) is 9.91. The molecule has 1 saturated heterocycles. The Morgan fingerprint density at radius 3 is 2.49 bits per heavy atom. The van der Waals surface area contributed by atoms with Crippen LogP contribution in [-0.4, -0.2) is 64.9 Å². The van der Waals surface area contributed by atoms with E-state index in [9.17, 15) is 35.2 Å². The summed E-state index contributed by atoms with van der Waals surface area (Å²) >= 11 is 0. The number of aromatic nitrogens is 1. The first-order chi connectivity index (χ1) is 16.3. The lowest BCUT2D eigenvalue weighted by Gasteiger charge is -2.31. The first kappa shape index (κ1) is 26.6. The molecule has 35 heavy (non-hydrogen) atoms. The van der Waals surface area contributed by atoms with Crippen LogP contribution in [0.2, 0.25) is 0 Å². The molecule has 9 nitrogen and oxygen atoms in total. The lowest BCUT2D eigenvalue weighted by atomic mass is 9.99. The maximum Gasteiger partial charge on any atom is 0.419 e. The number of ether oxygens (including phenoxy) is 2. The Bertz CT molecular complexity index is 1230. The number of hydrogen-bond acceptors (Lipinski definition) is 7. The molecule has 0 spiro atoms. The number of alkyl halides is 3. The number of carbonyl (C=O) groups is 1. The third kappa shape index (κ3) is 4.88. The number of rotatable bonds is 7. The van der Waals surface area contributed by atoms with E-state index in [0.29, 0.717) is 6.07 Å². The number of halogens is 5. The van der Waals surface area contributed by atoms with Crippen molar-refractivity contribution < 1.29 is 44.6 Å². The van der Waals surface area contributed by atoms with Crippen LogP contribution >= 0.6 is 0 Å². The molecule has 1 aromatic carbocycles. The van der Waals surface area contributed by atoms with Gasteiger partial charge < -0.3 is 19.7 Å². The zero-order valence-corrected chi connectivity index (χ0v) is 19.4. The van der Waals surface area contributed by atoms with Gasteiger partial charge in [-0.15, -0.1) is 0 Å². The Morgan fingerprint density at radius 2 is 1.91 bits per heavy atom. The second-order valence-electron chi connectivity index (χ2n) is 7.54. The normalized spacial score (nSPS) is 20.7. The van der Waals surface area contributed by atoms with Crippen LogP contribution in [0.4, 0.5) is 33.3 Å². The maximum atomic E-state index is 14.3. The molecule has 2 aromatic rings. The molecule has 2 atom stereocenters. The lowest BCUT2D eigenvalue weighted by Crippen LogP contribution is -2.49. The number of sulfonamides is 1. The van der Waals surface area contributed by atoms with Crippen molar-refractivity contribution in [2.45, 2.75) is 29.3 Å². The van der Waals surface area contributed by atoms with Crippen molar-refractivity contribution in [1.29, 1.82) is 0 Å². The van der Waals surface area contributed by atoms with Crippen LogP contribution in [-0.2, 0) is 19.6 Å². The summed E-state index contributed by atoms with van der Waals surface area (Å²) < 4.78 is 106. The fourth-order valence-corrected chi connectivity index (χ4v) is 4.43. The molecule has 15 heteroatoms. The number of carbonyl (C=O) groups excluding carboxylic acids is 1. The molecule has 0 saturated carbocycles. The number of nitrogens with one attached hydrogen (secondary N) is 2. The van der Waals surface area contributed by atoms with Gasteiger partial charge in [0.05, 0.1) is 19.3 Å². The minimum Gasteiger partial charge on any atom is -0.491 e. The summed E-state index contributed by atoms with van der Waals surface area (Å²) in [5.74, 6) is -4.42. The van der Waals surface area contributed by atoms with Gasteiger partial charge in [0.25, 0.3) is 10.0 Å². The van der Waals surface area contributed by atoms with Crippen LogP contribution in [0.3, 0.4) is 0 Å². The van der Waals surface area contributed by atoms with Gasteiger partial charge in [-0.05, 0) is 25.2 Å². The standard InChI is InChI=1S/C20H21F5N4O5S/c1-26-35(31,32)15-8-11(6-7-27-15)28-18(30)14-9-19(34-3,20(23,24)25)10-29(14)13-5-4-12(21)16(22)17(13)33-2/h4-8,14,26H,9-10H2,1-3H3,(H,27,28,30)/t14-,19-/m1/s1. The fourth-order valence-electron chi connectivity index (χ4n) is 3.74. The summed E-state index contributed by atoms with van der Waals surface area (Å²) in [6.07, 6.45) is -4.74. The van der Waals surface area contributed by atoms with Crippen molar-refractivity contribution in [3.8, 4) is 5.75 Å². The minimum absolute atomic E-state index is 0.0713. The van der Waals surface area contributed by atoms with E-state index >= 15 is 0 Å². The average molecular weight is 524 g/mol. The SMILES string of the molecule is CNS(=O)(=O)c1cc(NC(=O)[C@H]2C[C@](OC)(C(F)(F)F)CN2c2ccc(F)c(F)c2OC)ccn1. The minimum atomic E-state index is -4.93. The van der Waals surface area contributed by atoms with E-state index in [-0.39, 0.29) is 11.4 Å². The molecule has 1 fully saturated rings. The Hall–Kier alpha value is -3.04. The Balaban J connectivity index is 2.05. The quantitative estimate of drug-likeness (QED) is 0.536. The molecule has 0 unspecified atom stereocenters. The van der Waals surface area contributed by atoms with Crippen LogP contribution in [0.5, 0.6) is 5.75 Å². The monoisotopic (exact) mass is 524 g/mol. The van der Waals surface area contributed by atoms with Crippen LogP contribution in [0, 0.1) is 11.6 Å². The van der Waals surface area contributed by atoms with Crippen LogP contribution < -0.4 is 19.7 Å². The summed E-state index contributed by atoms with van der Waals surface area (Å²) in [5.41, 5.74) is -3.19. The van der Waals surface area contributed by atoms with E-state index in [1.54, 1.807) is 0 Å². The van der Waals surface area contributed by atoms with Crippen molar-refractivity contribution in [2.24, 2.45) is 0 Å². The molecule has 1 aliphatic rings. The van der Waals surface area contributed by atoms with Gasteiger partial charge in [-0.25, -0.2) is 22.5 Å². The molecular weight excluding hydrogens is 503 g/mol. The highest BCUT2D eigenvalue weighted by atomic mass is 32.2. The molecular formula is C20H21F5N4O5S. The second kappa shape index (κ2) is 9.54. The highest BCUT2D eigenvalue weighted by Crippen LogP contribution is 2.47. The zero-order chi connectivity index (χ0) is 26.2. The summed E-state index contributed by atoms with van der Waals surface area (Å²) in [5, 5.41) is 1.91. The Morgan fingerprint density at radius 1 is 1.23 bits per heavy atom. The molecule has 1 amide bonds. The van der Waals surface area contributed by atoms with E-state index in [1.807, 2.05) is 4.72 Å². The molecule has 3 rings (SSSR count). The third-order valence-electron chi connectivity index (χ3n) is 5.62. The molecule has 1 aliphatic heterocycles. The number of anilines is 2. The fraction of sp³-hybridized carbons (Fsp3) is 0.400. The average Bonchev–Trinajstić information content (AvgIpc) is 3.22. The van der Waals surface area contributed by atoms with Crippen molar-refractivity contribution in [2.75, 3.05) is 38.0 Å². The van der Waals surface area contributed by atoms with E-state index in [0.717, 1.165) is 44.5 Å². The Kier molecular flexibility index (Phi) is 7.24. The molecule has 0 aliphatic carbocycles. The number of nitrogens with zero attached hydrogens (tertiary/aromatic N) is 2. The predicted octanol–water partition coefficient (Wildman–Crippen LogP) is 2.44. The number of pyridine rings is 1. The van der Waals surface area contributed by atoms with Gasteiger partial charge in [-0.3, -0.25) is 4.79 Å². The van der Waals surface area contributed by atoms with E-state index in [2.05, 4.69) is 10.3 Å². The topological polar surface area (TPSA) is 110 Å². The van der Waals surface area contributed by atoms with Crippen molar-refractivity contribution >= 4 is 27.3 Å². The van der Waals surface area contributed by atoms with E-state index < -0.39 is 69.1 Å². The second-order valence-corrected chi connectivity index (χ2v) is 9.37. The number of amides is 1. The maximum absolute atomic E-state index is 14.3. The zero-order valence-electron chi connectivity index (χ0n) is 18.6. The number of methoxy groups -OCH3 is 2. The summed E-state index contributed by atoms with van der Waals surface area (Å²) in [6.45, 7) is -0.928. The van der Waals surface area contributed by atoms with Crippen LogP contribution in [0.25, 0.3) is 0 Å². The van der Waals surface area contributed by atoms with Gasteiger partial charge in [0.15, 0.2) is 22.2 Å². The van der Waals surface area contributed by atoms with Gasteiger partial charge in [0, 0.05) is 31.5 Å². The number of benzene rings is 1. The van der Waals surface area contributed by atoms with Crippen LogP contribution in [0.15, 0.2) is 35.5 Å². The van der Waals surface area contributed by atoms with Gasteiger partial charge in [0.1, 0.15) is 6.04 Å². The number of hydrogen-bond donors (Lipinski definition) is 2. The lowest BCUT2D eigenvalue weighted by molar-refractivity contribution is -0.261. The predicted molar refractivity (Wildman–Crippen MR) is 114 cm³/mol. The van der Waals surface area contributed by atoms with Gasteiger partial charge in [0.2, 0.25) is 11.7 Å². The van der Waals surface area contributed by atoms with E-state index in [1.165, 1.54) is 6.07 Å². The summed E-state index contributed by atoms with van der Waals surface area (Å²) in [7, 11) is -1.00. The third-order valence-corrected chi connectivity index (χ3v) is 6.94. The highest BCUT2D eigenvalue weighted by Gasteiger charge is 2.63. The van der Waals surface area contributed by atoms with Gasteiger partial charge >= 0.3 is 6.18 Å².